The van der Waals surface area contributed by atoms with Crippen molar-refractivity contribution in [1.82, 2.24) is 5.32 Å². The van der Waals surface area contributed by atoms with E-state index in [0.29, 0.717) is 5.25 Å². The molecule has 11 heavy (non-hydrogen) atoms. The van der Waals surface area contributed by atoms with E-state index in [2.05, 4.69) is 19.2 Å². The molecule has 0 aromatic heterocycles. The molecule has 0 aromatic rings. The van der Waals surface area contributed by atoms with Gasteiger partial charge in [-0.1, -0.05) is 19.9 Å². The van der Waals surface area contributed by atoms with Gasteiger partial charge in [0.05, 0.1) is 4.91 Å². The van der Waals surface area contributed by atoms with Gasteiger partial charge < -0.3 is 5.32 Å². The van der Waals surface area contributed by atoms with Crippen molar-refractivity contribution in [2.24, 2.45) is 0 Å². The molecule has 0 saturated heterocycles. The van der Waals surface area contributed by atoms with Crippen LogP contribution in [-0.4, -0.2) is 18.2 Å². The molecule has 0 unspecified atom stereocenters. The van der Waals surface area contributed by atoms with Crippen LogP contribution in [0.1, 0.15) is 20.8 Å². The number of amides is 1. The largest absolute Gasteiger partial charge is 0.355 e. The average molecular weight is 173 g/mol. The number of thioether (sulfide) groups is 1. The van der Waals surface area contributed by atoms with Crippen molar-refractivity contribution in [3.05, 3.63) is 11.0 Å². The first kappa shape index (κ1) is 10.6. The van der Waals surface area contributed by atoms with Crippen LogP contribution in [0.3, 0.4) is 0 Å². The van der Waals surface area contributed by atoms with Gasteiger partial charge in [0.1, 0.15) is 0 Å². The first-order valence-corrected chi connectivity index (χ1v) is 4.54. The Labute approximate surface area is 72.4 Å². The van der Waals surface area contributed by atoms with E-state index in [1.165, 1.54) is 0 Å². The van der Waals surface area contributed by atoms with Gasteiger partial charge in [-0.15, -0.1) is 11.8 Å². The first-order valence-electron chi connectivity index (χ1n) is 3.66. The number of carbonyl (C=O) groups is 1. The van der Waals surface area contributed by atoms with E-state index in [0.717, 1.165) is 4.91 Å². The molecule has 1 N–H and O–H groups in total. The number of nitrogens with one attached hydrogen (secondary N) is 1. The third-order valence-corrected chi connectivity index (χ3v) is 2.22. The third-order valence-electron chi connectivity index (χ3n) is 1.08. The van der Waals surface area contributed by atoms with Gasteiger partial charge in [-0.3, -0.25) is 4.79 Å². The molecule has 0 saturated carbocycles. The number of likely N-dealkylation sites (N-methyl/N-ethyl adjacent to an activating group) is 1. The highest BCUT2D eigenvalue weighted by atomic mass is 32.2. The van der Waals surface area contributed by atoms with Crippen molar-refractivity contribution in [3.63, 3.8) is 0 Å². The molecule has 0 spiro atoms. The lowest BCUT2D eigenvalue weighted by atomic mass is 10.5. The van der Waals surface area contributed by atoms with Crippen LogP contribution in [0.4, 0.5) is 0 Å². The summed E-state index contributed by atoms with van der Waals surface area (Å²) >= 11 is 1.58. The van der Waals surface area contributed by atoms with E-state index in [1.54, 1.807) is 18.8 Å². The molecule has 64 valence electrons. The molecule has 0 fully saturated rings. The maximum absolute atomic E-state index is 11.1. The lowest BCUT2D eigenvalue weighted by Gasteiger charge is -2.06. The highest BCUT2D eigenvalue weighted by Crippen LogP contribution is 2.20. The van der Waals surface area contributed by atoms with Crippen molar-refractivity contribution in [3.8, 4) is 0 Å². The topological polar surface area (TPSA) is 29.1 Å². The molecular weight excluding hydrogens is 158 g/mol. The van der Waals surface area contributed by atoms with E-state index >= 15 is 0 Å². The highest BCUT2D eigenvalue weighted by Gasteiger charge is 2.07. The van der Waals surface area contributed by atoms with E-state index < -0.39 is 0 Å². The molecule has 0 aliphatic carbocycles. The SMILES string of the molecule is C/C=C(\SC(C)C)C(=O)NC. The maximum atomic E-state index is 11.1. The zero-order valence-corrected chi connectivity index (χ0v) is 8.29. The van der Waals surface area contributed by atoms with Gasteiger partial charge in [0.15, 0.2) is 0 Å². The lowest BCUT2D eigenvalue weighted by Crippen LogP contribution is -2.19. The van der Waals surface area contributed by atoms with Crippen LogP contribution in [-0.2, 0) is 4.79 Å². The Morgan fingerprint density at radius 2 is 2.09 bits per heavy atom. The number of rotatable bonds is 3. The molecule has 0 rings (SSSR count). The Bertz CT molecular complexity index is 163. The molecular formula is C8H15NOS. The molecule has 0 atom stereocenters. The fraction of sp³-hybridized carbons (Fsp3) is 0.625. The van der Waals surface area contributed by atoms with Gasteiger partial charge in [-0.05, 0) is 6.92 Å². The van der Waals surface area contributed by atoms with Gasteiger partial charge in [-0.2, -0.15) is 0 Å². The number of allylic oxidation sites excluding steroid dienone is 1. The minimum atomic E-state index is 0.00574. The third kappa shape index (κ3) is 4.09. The predicted molar refractivity (Wildman–Crippen MR) is 50.6 cm³/mol. The first-order chi connectivity index (χ1) is 5.11. The summed E-state index contributed by atoms with van der Waals surface area (Å²) in [5, 5.41) is 3.05. The van der Waals surface area contributed by atoms with Crippen molar-refractivity contribution in [2.75, 3.05) is 7.05 Å². The Morgan fingerprint density at radius 1 is 1.55 bits per heavy atom. The van der Waals surface area contributed by atoms with Gasteiger partial charge in [0.2, 0.25) is 0 Å². The van der Waals surface area contributed by atoms with E-state index in [4.69, 9.17) is 0 Å². The van der Waals surface area contributed by atoms with E-state index in [9.17, 15) is 4.79 Å². The Kier molecular flexibility index (Phi) is 5.03. The smallest absolute Gasteiger partial charge is 0.257 e. The van der Waals surface area contributed by atoms with E-state index in [-0.39, 0.29) is 5.91 Å². The summed E-state index contributed by atoms with van der Waals surface area (Å²) < 4.78 is 0. The molecule has 2 nitrogen and oxygen atoms in total. The van der Waals surface area contributed by atoms with Crippen LogP contribution >= 0.6 is 11.8 Å². The maximum Gasteiger partial charge on any atom is 0.257 e. The summed E-state index contributed by atoms with van der Waals surface area (Å²) in [5.41, 5.74) is 0. The van der Waals surface area contributed by atoms with Gasteiger partial charge in [0.25, 0.3) is 5.91 Å². The molecule has 0 aliphatic heterocycles. The Balaban J connectivity index is 4.09. The van der Waals surface area contributed by atoms with Crippen molar-refractivity contribution in [1.29, 1.82) is 0 Å². The Morgan fingerprint density at radius 3 is 2.36 bits per heavy atom. The molecule has 0 bridgehead atoms. The Hall–Kier alpha value is -0.440. The quantitative estimate of drug-likeness (QED) is 0.659. The number of hydrogen-bond donors (Lipinski definition) is 1. The standard InChI is InChI=1S/C8H15NOS/c1-5-7(8(10)9-4)11-6(2)3/h5-6H,1-4H3,(H,9,10)/b7-5-. The van der Waals surface area contributed by atoms with Crippen molar-refractivity contribution >= 4 is 17.7 Å². The number of hydrogen-bond acceptors (Lipinski definition) is 2. The zero-order valence-electron chi connectivity index (χ0n) is 7.47. The summed E-state index contributed by atoms with van der Waals surface area (Å²) in [6, 6.07) is 0. The second kappa shape index (κ2) is 5.24. The lowest BCUT2D eigenvalue weighted by molar-refractivity contribution is -0.116. The minimum absolute atomic E-state index is 0.00574. The molecule has 3 heteroatoms. The van der Waals surface area contributed by atoms with Crippen LogP contribution in [0.15, 0.2) is 11.0 Å². The van der Waals surface area contributed by atoms with Crippen LogP contribution < -0.4 is 5.32 Å². The summed E-state index contributed by atoms with van der Waals surface area (Å²) in [4.78, 5) is 11.9. The van der Waals surface area contributed by atoms with Gasteiger partial charge in [-0.25, -0.2) is 0 Å². The molecule has 0 aromatic carbocycles. The fourth-order valence-corrected chi connectivity index (χ4v) is 1.48. The van der Waals surface area contributed by atoms with Crippen LogP contribution in [0.25, 0.3) is 0 Å². The minimum Gasteiger partial charge on any atom is -0.355 e. The molecule has 0 heterocycles. The van der Waals surface area contributed by atoms with Gasteiger partial charge >= 0.3 is 0 Å². The fourth-order valence-electron chi connectivity index (χ4n) is 0.630. The zero-order chi connectivity index (χ0) is 8.85. The summed E-state index contributed by atoms with van der Waals surface area (Å²) in [7, 11) is 1.65. The van der Waals surface area contributed by atoms with Crippen molar-refractivity contribution in [2.45, 2.75) is 26.0 Å². The van der Waals surface area contributed by atoms with Crippen molar-refractivity contribution < 1.29 is 4.79 Å². The molecule has 0 aliphatic rings. The van der Waals surface area contributed by atoms with Crippen LogP contribution in [0, 0.1) is 0 Å². The van der Waals surface area contributed by atoms with Gasteiger partial charge in [0, 0.05) is 12.3 Å². The van der Waals surface area contributed by atoms with E-state index in [1.807, 2.05) is 13.0 Å². The van der Waals surface area contributed by atoms with Crippen LogP contribution in [0.5, 0.6) is 0 Å². The average Bonchev–Trinajstić information content (AvgIpc) is 1.98. The highest BCUT2D eigenvalue weighted by molar-refractivity contribution is 8.04. The summed E-state index contributed by atoms with van der Waals surface area (Å²) in [5.74, 6) is 0.00574. The monoisotopic (exact) mass is 173 g/mol. The normalized spacial score (nSPS) is 11.9. The number of carbonyl (C=O) groups excluding carboxylic acids is 1. The second-order valence-electron chi connectivity index (χ2n) is 2.40. The van der Waals surface area contributed by atoms with Crippen LogP contribution in [0.2, 0.25) is 0 Å². The summed E-state index contributed by atoms with van der Waals surface area (Å²) in [6.07, 6.45) is 1.84. The summed E-state index contributed by atoms with van der Waals surface area (Å²) in [6.45, 7) is 6.01. The second-order valence-corrected chi connectivity index (χ2v) is 4.02. The predicted octanol–water partition coefficient (Wildman–Crippen LogP) is 1.78. The molecule has 1 amide bonds. The molecule has 0 radical (unpaired) electrons.